The number of rotatable bonds is 5. The van der Waals surface area contributed by atoms with Crippen LogP contribution in [0.4, 0.5) is 23.7 Å². The maximum Gasteiger partial charge on any atom is 0.573 e. The van der Waals surface area contributed by atoms with Gasteiger partial charge in [-0.15, -0.1) is 18.3 Å². The van der Waals surface area contributed by atoms with Crippen molar-refractivity contribution in [2.45, 2.75) is 32.7 Å². The summed E-state index contributed by atoms with van der Waals surface area (Å²) in [7, 11) is 0. The predicted octanol–water partition coefficient (Wildman–Crippen LogP) is 6.34. The van der Waals surface area contributed by atoms with Gasteiger partial charge in [0, 0.05) is 0 Å². The lowest BCUT2D eigenvalue weighted by Gasteiger charge is -2.20. The van der Waals surface area contributed by atoms with E-state index in [0.717, 1.165) is 5.56 Å². The molecule has 1 N–H and O–H groups in total. The largest absolute Gasteiger partial charge is 0.573 e. The van der Waals surface area contributed by atoms with Gasteiger partial charge in [0.05, 0.1) is 16.4 Å². The summed E-state index contributed by atoms with van der Waals surface area (Å²) in [6.07, 6.45) is -0.562. The quantitative estimate of drug-likeness (QED) is 0.461. The van der Waals surface area contributed by atoms with Gasteiger partial charge in [-0.25, -0.2) is 14.5 Å². The van der Waals surface area contributed by atoms with E-state index in [2.05, 4.69) is 20.1 Å². The zero-order valence-corrected chi connectivity index (χ0v) is 18.6. The van der Waals surface area contributed by atoms with E-state index in [1.807, 2.05) is 0 Å². The van der Waals surface area contributed by atoms with E-state index in [1.165, 1.54) is 35.3 Å². The van der Waals surface area contributed by atoms with E-state index in [1.54, 1.807) is 51.1 Å². The number of anilines is 1. The molecule has 1 aromatic heterocycles. The van der Waals surface area contributed by atoms with Crippen LogP contribution in [-0.2, 0) is 4.74 Å². The number of carbonyl (C=O) groups is 1. The number of hydrogen-bond acceptors (Lipinski definition) is 5. The number of carbonyl (C=O) groups excluding carboxylic acids is 1. The van der Waals surface area contributed by atoms with Gasteiger partial charge in [-0.1, -0.05) is 23.7 Å². The van der Waals surface area contributed by atoms with Crippen LogP contribution in [0.15, 0.2) is 48.8 Å². The topological polar surface area (TPSA) is 78.3 Å². The Morgan fingerprint density at radius 3 is 2.39 bits per heavy atom. The number of halogens is 4. The van der Waals surface area contributed by atoms with Crippen LogP contribution >= 0.6 is 11.6 Å². The molecule has 0 atom stereocenters. The summed E-state index contributed by atoms with van der Waals surface area (Å²) in [5, 5.41) is 7.17. The minimum absolute atomic E-state index is 0.322. The monoisotopic (exact) mass is 480 g/mol. The van der Waals surface area contributed by atoms with Crippen molar-refractivity contribution >= 4 is 35.5 Å². The van der Waals surface area contributed by atoms with Gasteiger partial charge in [-0.05, 0) is 68.8 Å². The Morgan fingerprint density at radius 2 is 1.79 bits per heavy atom. The van der Waals surface area contributed by atoms with Crippen molar-refractivity contribution in [2.24, 2.45) is 0 Å². The molecule has 0 saturated heterocycles. The minimum atomic E-state index is -4.75. The zero-order chi connectivity index (χ0) is 24.2. The molecule has 0 spiro atoms. The summed E-state index contributed by atoms with van der Waals surface area (Å²) in [5.41, 5.74) is 1.02. The van der Waals surface area contributed by atoms with Crippen molar-refractivity contribution in [3.8, 4) is 11.4 Å². The summed E-state index contributed by atoms with van der Waals surface area (Å²) >= 11 is 6.24. The fraction of sp³-hybridized carbons (Fsp3) is 0.227. The van der Waals surface area contributed by atoms with Crippen LogP contribution < -0.4 is 10.1 Å². The molecule has 11 heteroatoms. The van der Waals surface area contributed by atoms with E-state index in [9.17, 15) is 18.0 Å². The van der Waals surface area contributed by atoms with Crippen molar-refractivity contribution < 1.29 is 27.4 Å². The second-order valence-corrected chi connectivity index (χ2v) is 8.20. The maximum absolute atomic E-state index is 12.3. The highest BCUT2D eigenvalue weighted by molar-refractivity contribution is 6.33. The Balaban J connectivity index is 1.65. The van der Waals surface area contributed by atoms with Crippen molar-refractivity contribution in [1.29, 1.82) is 0 Å². The predicted molar refractivity (Wildman–Crippen MR) is 118 cm³/mol. The summed E-state index contributed by atoms with van der Waals surface area (Å²) in [6.45, 7) is 5.28. The average molecular weight is 481 g/mol. The highest BCUT2D eigenvalue weighted by atomic mass is 35.5. The fourth-order valence-electron chi connectivity index (χ4n) is 2.60. The maximum atomic E-state index is 12.3. The zero-order valence-electron chi connectivity index (χ0n) is 17.9. The summed E-state index contributed by atoms with van der Waals surface area (Å²) in [5.74, 6) is 0.0469. The number of aromatic nitrogens is 3. The lowest BCUT2D eigenvalue weighted by molar-refractivity contribution is -0.274. The van der Waals surface area contributed by atoms with Crippen LogP contribution in [0.3, 0.4) is 0 Å². The normalized spacial score (nSPS) is 12.1. The molecule has 1 amide bonds. The number of alkyl halides is 3. The highest BCUT2D eigenvalue weighted by Crippen LogP contribution is 2.25. The van der Waals surface area contributed by atoms with Gasteiger partial charge in [0.2, 0.25) is 0 Å². The number of amides is 1. The fourth-order valence-corrected chi connectivity index (χ4v) is 2.83. The Labute approximate surface area is 192 Å². The van der Waals surface area contributed by atoms with E-state index in [0.29, 0.717) is 22.2 Å². The molecule has 174 valence electrons. The standard InChI is InChI=1S/C22H20ClF3N4O3/c1-21(2,3)33-20(31)28-18-10-4-14(12-17(18)23)5-11-19-27-13-30(29-19)15-6-8-16(9-7-15)32-22(24,25)26/h4-13H,1-3H3,(H,28,31). The first-order valence-corrected chi connectivity index (χ1v) is 10.0. The number of nitrogens with one attached hydrogen (secondary N) is 1. The van der Waals surface area contributed by atoms with Gasteiger partial charge in [0.25, 0.3) is 0 Å². The Hall–Kier alpha value is -3.53. The lowest BCUT2D eigenvalue weighted by atomic mass is 10.2. The molecular formula is C22H20ClF3N4O3. The van der Waals surface area contributed by atoms with Crippen molar-refractivity contribution in [3.63, 3.8) is 0 Å². The molecule has 0 aliphatic rings. The van der Waals surface area contributed by atoms with Crippen LogP contribution in [0.2, 0.25) is 5.02 Å². The average Bonchev–Trinajstić information content (AvgIpc) is 3.15. The first-order valence-electron chi connectivity index (χ1n) is 9.63. The van der Waals surface area contributed by atoms with Gasteiger partial charge < -0.3 is 9.47 Å². The van der Waals surface area contributed by atoms with E-state index < -0.39 is 18.1 Å². The highest BCUT2D eigenvalue weighted by Gasteiger charge is 2.31. The van der Waals surface area contributed by atoms with Gasteiger partial charge in [-0.3, -0.25) is 5.32 Å². The molecule has 0 unspecified atom stereocenters. The van der Waals surface area contributed by atoms with Gasteiger partial charge in [0.1, 0.15) is 17.7 Å². The molecule has 0 bridgehead atoms. The minimum Gasteiger partial charge on any atom is -0.444 e. The number of nitrogens with zero attached hydrogens (tertiary/aromatic N) is 3. The molecule has 7 nitrogen and oxygen atoms in total. The molecule has 0 saturated carbocycles. The van der Waals surface area contributed by atoms with Crippen LogP contribution in [-0.4, -0.2) is 32.8 Å². The molecule has 2 aromatic carbocycles. The molecule has 0 aliphatic carbocycles. The van der Waals surface area contributed by atoms with Gasteiger partial charge in [-0.2, -0.15) is 0 Å². The first kappa shape index (κ1) is 24.1. The van der Waals surface area contributed by atoms with Crippen molar-refractivity contribution in [2.75, 3.05) is 5.32 Å². The molecule has 0 aliphatic heterocycles. The second kappa shape index (κ2) is 9.53. The Bertz CT molecular complexity index is 1150. The molecule has 1 heterocycles. The van der Waals surface area contributed by atoms with Crippen LogP contribution in [0.5, 0.6) is 5.75 Å². The summed E-state index contributed by atoms with van der Waals surface area (Å²) < 4.78 is 47.3. The number of benzene rings is 2. The van der Waals surface area contributed by atoms with Gasteiger partial charge >= 0.3 is 12.5 Å². The third-order valence-corrected chi connectivity index (χ3v) is 4.21. The van der Waals surface area contributed by atoms with Crippen LogP contribution in [0, 0.1) is 0 Å². The molecule has 33 heavy (non-hydrogen) atoms. The number of ether oxygens (including phenoxy) is 2. The second-order valence-electron chi connectivity index (χ2n) is 7.79. The molecular weight excluding hydrogens is 461 g/mol. The van der Waals surface area contributed by atoms with Crippen molar-refractivity contribution in [1.82, 2.24) is 14.8 Å². The molecule has 3 aromatic rings. The molecule has 3 rings (SSSR count). The van der Waals surface area contributed by atoms with E-state index in [4.69, 9.17) is 16.3 Å². The summed E-state index contributed by atoms with van der Waals surface area (Å²) in [4.78, 5) is 16.0. The Kier molecular flexibility index (Phi) is 6.97. The first-order chi connectivity index (χ1) is 15.4. The molecule has 0 fully saturated rings. The third kappa shape index (κ3) is 7.53. The third-order valence-electron chi connectivity index (χ3n) is 3.90. The summed E-state index contributed by atoms with van der Waals surface area (Å²) in [6, 6.07) is 10.3. The Morgan fingerprint density at radius 1 is 1.09 bits per heavy atom. The molecule has 0 radical (unpaired) electrons. The van der Waals surface area contributed by atoms with E-state index in [-0.39, 0.29) is 5.75 Å². The van der Waals surface area contributed by atoms with Gasteiger partial charge in [0.15, 0.2) is 5.82 Å². The van der Waals surface area contributed by atoms with E-state index >= 15 is 0 Å². The van der Waals surface area contributed by atoms with Crippen molar-refractivity contribution in [3.05, 3.63) is 65.2 Å². The lowest BCUT2D eigenvalue weighted by Crippen LogP contribution is -2.27. The van der Waals surface area contributed by atoms with Crippen LogP contribution in [0.1, 0.15) is 32.2 Å². The van der Waals surface area contributed by atoms with Crippen LogP contribution in [0.25, 0.3) is 17.8 Å². The number of hydrogen-bond donors (Lipinski definition) is 1. The smallest absolute Gasteiger partial charge is 0.444 e. The SMILES string of the molecule is CC(C)(C)OC(=O)Nc1ccc(C=Cc2ncn(-c3ccc(OC(F)(F)F)cc3)n2)cc1Cl.